The van der Waals surface area contributed by atoms with Gasteiger partial charge in [-0.3, -0.25) is 0 Å². The minimum Gasteiger partial charge on any atom is -0.478 e. The molecule has 0 fully saturated rings. The number of carboxylic acids is 1. The first-order chi connectivity index (χ1) is 4.63. The van der Waals surface area contributed by atoms with Gasteiger partial charge in [0, 0.05) is 5.03 Å². The van der Waals surface area contributed by atoms with Gasteiger partial charge >= 0.3 is 5.97 Å². The molecule has 0 aromatic heterocycles. The third kappa shape index (κ3) is 2.40. The Hall–Kier alpha value is -0.500. The molecule has 0 amide bonds. The third-order valence-corrected chi connectivity index (χ3v) is 1.74. The SMILES string of the molecule is CC/C(Cl)=C(\CC)C(=O)O. The van der Waals surface area contributed by atoms with Crippen LogP contribution < -0.4 is 0 Å². The molecular formula is C7H11ClO2. The zero-order chi connectivity index (χ0) is 8.15. The maximum atomic E-state index is 10.4. The lowest BCUT2D eigenvalue weighted by molar-refractivity contribution is -0.132. The Morgan fingerprint density at radius 3 is 2.00 bits per heavy atom. The van der Waals surface area contributed by atoms with Crippen LogP contribution in [0.2, 0.25) is 0 Å². The molecule has 0 aliphatic carbocycles. The Morgan fingerprint density at radius 1 is 1.40 bits per heavy atom. The quantitative estimate of drug-likeness (QED) is 0.647. The number of allylic oxidation sites excluding steroid dienone is 1. The van der Waals surface area contributed by atoms with E-state index in [0.29, 0.717) is 23.4 Å². The zero-order valence-corrected chi connectivity index (χ0v) is 6.90. The molecule has 0 aromatic carbocycles. The summed E-state index contributed by atoms with van der Waals surface area (Å²) in [5.41, 5.74) is 0.323. The number of halogens is 1. The van der Waals surface area contributed by atoms with Crippen LogP contribution in [0, 0.1) is 0 Å². The summed E-state index contributed by atoms with van der Waals surface area (Å²) >= 11 is 5.63. The van der Waals surface area contributed by atoms with Crippen molar-refractivity contribution in [2.75, 3.05) is 0 Å². The summed E-state index contributed by atoms with van der Waals surface area (Å²) < 4.78 is 0. The Bertz CT molecular complexity index is 161. The van der Waals surface area contributed by atoms with Crippen LogP contribution in [0.1, 0.15) is 26.7 Å². The number of hydrogen-bond acceptors (Lipinski definition) is 1. The highest BCUT2D eigenvalue weighted by molar-refractivity contribution is 6.31. The van der Waals surface area contributed by atoms with E-state index in [-0.39, 0.29) is 0 Å². The van der Waals surface area contributed by atoms with E-state index < -0.39 is 5.97 Å². The van der Waals surface area contributed by atoms with Crippen molar-refractivity contribution in [3.8, 4) is 0 Å². The van der Waals surface area contributed by atoms with Crippen LogP contribution in [0.25, 0.3) is 0 Å². The highest BCUT2D eigenvalue weighted by Crippen LogP contribution is 2.15. The lowest BCUT2D eigenvalue weighted by Gasteiger charge is -1.99. The lowest BCUT2D eigenvalue weighted by atomic mass is 10.2. The summed E-state index contributed by atoms with van der Waals surface area (Å²) in [6.07, 6.45) is 1.08. The predicted molar refractivity (Wildman–Crippen MR) is 41.1 cm³/mol. The first-order valence-corrected chi connectivity index (χ1v) is 3.62. The standard InChI is InChI=1S/C7H11ClO2/c1-3-5(7(9)10)6(8)4-2/h3-4H2,1-2H3,(H,9,10)/b6-5-. The molecule has 0 rings (SSSR count). The van der Waals surface area contributed by atoms with Crippen LogP contribution in [0.15, 0.2) is 10.6 Å². The fraction of sp³-hybridized carbons (Fsp3) is 0.571. The minimum atomic E-state index is -0.908. The van der Waals surface area contributed by atoms with E-state index in [2.05, 4.69) is 0 Å². The molecule has 3 heteroatoms. The largest absolute Gasteiger partial charge is 0.478 e. The monoisotopic (exact) mass is 162 g/mol. The third-order valence-electron chi connectivity index (χ3n) is 1.25. The van der Waals surface area contributed by atoms with Crippen LogP contribution in [0.5, 0.6) is 0 Å². The topological polar surface area (TPSA) is 37.3 Å². The average Bonchev–Trinajstić information content (AvgIpc) is 1.88. The summed E-state index contributed by atoms with van der Waals surface area (Å²) in [6.45, 7) is 3.61. The van der Waals surface area contributed by atoms with E-state index in [1.807, 2.05) is 6.92 Å². The molecule has 0 aliphatic heterocycles. The Balaban J connectivity index is 4.45. The van der Waals surface area contributed by atoms with Gasteiger partial charge in [0.1, 0.15) is 0 Å². The van der Waals surface area contributed by atoms with E-state index >= 15 is 0 Å². The molecule has 10 heavy (non-hydrogen) atoms. The van der Waals surface area contributed by atoms with Gasteiger partial charge in [0.2, 0.25) is 0 Å². The van der Waals surface area contributed by atoms with Gasteiger partial charge in [-0.2, -0.15) is 0 Å². The second-order valence-electron chi connectivity index (χ2n) is 1.90. The van der Waals surface area contributed by atoms with Gasteiger partial charge in [-0.15, -0.1) is 0 Å². The molecular weight excluding hydrogens is 152 g/mol. The molecule has 0 saturated carbocycles. The fourth-order valence-electron chi connectivity index (χ4n) is 0.672. The molecule has 0 atom stereocenters. The molecule has 0 spiro atoms. The van der Waals surface area contributed by atoms with Crippen LogP contribution in [-0.2, 0) is 4.79 Å². The second-order valence-corrected chi connectivity index (χ2v) is 2.35. The number of hydrogen-bond donors (Lipinski definition) is 1. The van der Waals surface area contributed by atoms with Crippen molar-refractivity contribution in [2.45, 2.75) is 26.7 Å². The molecule has 0 aromatic rings. The lowest BCUT2D eigenvalue weighted by Crippen LogP contribution is -2.00. The van der Waals surface area contributed by atoms with Crippen molar-refractivity contribution in [3.63, 3.8) is 0 Å². The van der Waals surface area contributed by atoms with E-state index in [1.54, 1.807) is 6.92 Å². The number of carbonyl (C=O) groups is 1. The predicted octanol–water partition coefficient (Wildman–Crippen LogP) is 2.38. The van der Waals surface area contributed by atoms with Crippen LogP contribution >= 0.6 is 11.6 Å². The summed E-state index contributed by atoms with van der Waals surface area (Å²) in [6, 6.07) is 0. The van der Waals surface area contributed by atoms with E-state index in [0.717, 1.165) is 0 Å². The molecule has 0 radical (unpaired) electrons. The summed E-state index contributed by atoms with van der Waals surface area (Å²) in [5, 5.41) is 8.99. The average molecular weight is 163 g/mol. The van der Waals surface area contributed by atoms with Crippen molar-refractivity contribution >= 4 is 17.6 Å². The van der Waals surface area contributed by atoms with Gasteiger partial charge in [0.05, 0.1) is 5.57 Å². The second kappa shape index (κ2) is 4.34. The van der Waals surface area contributed by atoms with Gasteiger partial charge in [0.25, 0.3) is 0 Å². The number of aliphatic carboxylic acids is 1. The normalized spacial score (nSPS) is 12.7. The van der Waals surface area contributed by atoms with E-state index in [1.165, 1.54) is 0 Å². The zero-order valence-electron chi connectivity index (χ0n) is 6.15. The Morgan fingerprint density at radius 2 is 1.90 bits per heavy atom. The van der Waals surface area contributed by atoms with Crippen LogP contribution in [0.4, 0.5) is 0 Å². The fourth-order valence-corrected chi connectivity index (χ4v) is 0.887. The van der Waals surface area contributed by atoms with Gasteiger partial charge in [-0.1, -0.05) is 25.4 Å². The summed E-state index contributed by atoms with van der Waals surface area (Å²) in [7, 11) is 0. The van der Waals surface area contributed by atoms with Crippen molar-refractivity contribution in [3.05, 3.63) is 10.6 Å². The summed E-state index contributed by atoms with van der Waals surface area (Å²) in [4.78, 5) is 10.4. The van der Waals surface area contributed by atoms with Gasteiger partial charge in [-0.05, 0) is 12.8 Å². The van der Waals surface area contributed by atoms with Crippen molar-refractivity contribution < 1.29 is 9.90 Å². The van der Waals surface area contributed by atoms with Gasteiger partial charge in [-0.25, -0.2) is 4.79 Å². The first-order valence-electron chi connectivity index (χ1n) is 3.24. The van der Waals surface area contributed by atoms with Crippen LogP contribution in [-0.4, -0.2) is 11.1 Å². The van der Waals surface area contributed by atoms with Crippen molar-refractivity contribution in [2.24, 2.45) is 0 Å². The molecule has 2 nitrogen and oxygen atoms in total. The Labute approximate surface area is 65.5 Å². The molecule has 1 N–H and O–H groups in total. The highest BCUT2D eigenvalue weighted by atomic mass is 35.5. The molecule has 0 bridgehead atoms. The van der Waals surface area contributed by atoms with Crippen molar-refractivity contribution in [1.82, 2.24) is 0 Å². The van der Waals surface area contributed by atoms with Crippen LogP contribution in [0.3, 0.4) is 0 Å². The molecule has 0 heterocycles. The maximum absolute atomic E-state index is 10.4. The smallest absolute Gasteiger partial charge is 0.332 e. The first kappa shape index (κ1) is 9.50. The van der Waals surface area contributed by atoms with Gasteiger partial charge < -0.3 is 5.11 Å². The highest BCUT2D eigenvalue weighted by Gasteiger charge is 2.08. The Kier molecular flexibility index (Phi) is 4.12. The summed E-state index contributed by atoms with van der Waals surface area (Å²) in [5.74, 6) is -0.908. The maximum Gasteiger partial charge on any atom is 0.332 e. The van der Waals surface area contributed by atoms with Crippen molar-refractivity contribution in [1.29, 1.82) is 0 Å². The van der Waals surface area contributed by atoms with E-state index in [9.17, 15) is 4.79 Å². The number of rotatable bonds is 3. The minimum absolute atomic E-state index is 0.323. The van der Waals surface area contributed by atoms with Gasteiger partial charge in [0.15, 0.2) is 0 Å². The number of carboxylic acid groups (broad SMARTS) is 1. The molecule has 58 valence electrons. The molecule has 0 saturated heterocycles. The molecule has 0 aliphatic rings. The molecule has 0 unspecified atom stereocenters. The van der Waals surface area contributed by atoms with E-state index in [4.69, 9.17) is 16.7 Å².